The lowest BCUT2D eigenvalue weighted by Crippen LogP contribution is -2.12. The van der Waals surface area contributed by atoms with Crippen molar-refractivity contribution in [3.8, 4) is 0 Å². The van der Waals surface area contributed by atoms with E-state index in [0.717, 1.165) is 31.2 Å². The molecule has 0 radical (unpaired) electrons. The summed E-state index contributed by atoms with van der Waals surface area (Å²) in [5, 5.41) is 3.33. The van der Waals surface area contributed by atoms with Crippen LogP contribution >= 0.6 is 24.0 Å². The van der Waals surface area contributed by atoms with Crippen molar-refractivity contribution in [2.75, 3.05) is 11.9 Å². The van der Waals surface area contributed by atoms with Crippen LogP contribution in [0.3, 0.4) is 0 Å². The first-order valence-corrected chi connectivity index (χ1v) is 7.22. The highest BCUT2D eigenvalue weighted by Gasteiger charge is 2.08. The van der Waals surface area contributed by atoms with Gasteiger partial charge in [-0.3, -0.25) is 10.1 Å². The summed E-state index contributed by atoms with van der Waals surface area (Å²) in [4.78, 5) is 19.1. The molecule has 0 saturated carbocycles. The minimum absolute atomic E-state index is 0. The second-order valence-electron chi connectivity index (χ2n) is 4.72. The van der Waals surface area contributed by atoms with Gasteiger partial charge >= 0.3 is 0 Å². The van der Waals surface area contributed by atoms with Gasteiger partial charge < -0.3 is 10.7 Å². The van der Waals surface area contributed by atoms with Crippen LogP contribution in [-0.4, -0.2) is 22.4 Å². The number of amides is 1. The van der Waals surface area contributed by atoms with Gasteiger partial charge in [0.05, 0.1) is 10.5 Å². The molecule has 7 heteroatoms. The molecular weight excluding hydrogens is 311 g/mol. The number of para-hydroxylation sites is 1. The minimum Gasteiger partial charge on any atom is -0.330 e. The zero-order valence-corrected chi connectivity index (χ0v) is 13.3. The summed E-state index contributed by atoms with van der Waals surface area (Å²) in [6.45, 7) is 0.714. The molecule has 1 heterocycles. The Bertz CT molecular complexity index is 585. The van der Waals surface area contributed by atoms with Gasteiger partial charge in [0.1, 0.15) is 5.52 Å². The number of unbranched alkanes of at least 4 members (excludes halogenated alkanes) is 3. The summed E-state index contributed by atoms with van der Waals surface area (Å²) in [6, 6.07) is 5.48. The van der Waals surface area contributed by atoms with E-state index < -0.39 is 0 Å². The van der Waals surface area contributed by atoms with Crippen molar-refractivity contribution in [2.24, 2.45) is 5.73 Å². The van der Waals surface area contributed by atoms with Gasteiger partial charge in [-0.05, 0) is 31.5 Å². The summed E-state index contributed by atoms with van der Waals surface area (Å²) < 4.78 is 0. The maximum absolute atomic E-state index is 11.8. The topological polar surface area (TPSA) is 83.8 Å². The molecule has 4 N–H and O–H groups in total. The molecule has 0 aliphatic carbocycles. The van der Waals surface area contributed by atoms with Crippen molar-refractivity contribution in [3.05, 3.63) is 23.2 Å². The summed E-state index contributed by atoms with van der Waals surface area (Å²) >= 11 is 6.03. The molecule has 5 nitrogen and oxygen atoms in total. The van der Waals surface area contributed by atoms with Gasteiger partial charge in [0.15, 0.2) is 0 Å². The third-order valence-electron chi connectivity index (χ3n) is 3.08. The van der Waals surface area contributed by atoms with E-state index in [1.165, 1.54) is 0 Å². The molecule has 1 aromatic carbocycles. The summed E-state index contributed by atoms with van der Waals surface area (Å²) in [5.74, 6) is 0.410. The van der Waals surface area contributed by atoms with E-state index >= 15 is 0 Å². The number of anilines is 1. The third kappa shape index (κ3) is 5.19. The highest BCUT2D eigenvalue weighted by molar-refractivity contribution is 6.35. The zero-order valence-electron chi connectivity index (χ0n) is 11.7. The molecule has 2 rings (SSSR count). The van der Waals surface area contributed by atoms with Gasteiger partial charge in [0, 0.05) is 6.42 Å². The van der Waals surface area contributed by atoms with Gasteiger partial charge in [-0.15, -0.1) is 12.4 Å². The summed E-state index contributed by atoms with van der Waals surface area (Å²) in [6.07, 6.45) is 4.48. The molecule has 116 valence electrons. The standard InChI is InChI=1S/C14H19ClN4O.ClH/c15-10-6-5-7-11-13(10)19-14(17-11)18-12(20)8-3-1-2-4-9-16;/h5-7H,1-4,8-9,16H2,(H2,17,18,19,20);1H. The molecule has 1 amide bonds. The van der Waals surface area contributed by atoms with E-state index in [1.54, 1.807) is 6.07 Å². The Hall–Kier alpha value is -1.30. The van der Waals surface area contributed by atoms with Crippen molar-refractivity contribution in [1.29, 1.82) is 0 Å². The fourth-order valence-corrected chi connectivity index (χ4v) is 2.25. The van der Waals surface area contributed by atoms with Crippen molar-refractivity contribution in [2.45, 2.75) is 32.1 Å². The van der Waals surface area contributed by atoms with E-state index in [9.17, 15) is 4.79 Å². The molecule has 0 aliphatic rings. The monoisotopic (exact) mass is 330 g/mol. The number of aromatic amines is 1. The van der Waals surface area contributed by atoms with Crippen LogP contribution in [0, 0.1) is 0 Å². The maximum atomic E-state index is 11.8. The number of carbonyl (C=O) groups is 1. The predicted molar refractivity (Wildman–Crippen MR) is 89.1 cm³/mol. The Labute approximate surface area is 135 Å². The Kier molecular flexibility index (Phi) is 7.50. The SMILES string of the molecule is Cl.NCCCCCCC(=O)Nc1nc2c(Cl)cccc2[nH]1. The number of imidazole rings is 1. The number of benzene rings is 1. The fraction of sp³-hybridized carbons (Fsp3) is 0.429. The van der Waals surface area contributed by atoms with E-state index in [2.05, 4.69) is 15.3 Å². The van der Waals surface area contributed by atoms with E-state index in [-0.39, 0.29) is 18.3 Å². The number of fused-ring (bicyclic) bond motifs is 1. The average Bonchev–Trinajstić information content (AvgIpc) is 2.82. The Morgan fingerprint density at radius 2 is 2.05 bits per heavy atom. The van der Waals surface area contributed by atoms with E-state index in [1.807, 2.05) is 12.1 Å². The number of hydrogen-bond donors (Lipinski definition) is 3. The summed E-state index contributed by atoms with van der Waals surface area (Å²) in [5.41, 5.74) is 6.91. The number of nitrogens with one attached hydrogen (secondary N) is 2. The first-order chi connectivity index (χ1) is 9.70. The number of H-pyrrole nitrogens is 1. The van der Waals surface area contributed by atoms with Gasteiger partial charge in [0.2, 0.25) is 11.9 Å². The number of hydrogen-bond acceptors (Lipinski definition) is 3. The Balaban J connectivity index is 0.00000220. The number of carbonyl (C=O) groups excluding carboxylic acids is 1. The lowest BCUT2D eigenvalue weighted by atomic mass is 10.1. The van der Waals surface area contributed by atoms with Gasteiger partial charge in [0.25, 0.3) is 0 Å². The molecule has 21 heavy (non-hydrogen) atoms. The molecule has 0 saturated heterocycles. The summed E-state index contributed by atoms with van der Waals surface area (Å²) in [7, 11) is 0. The van der Waals surface area contributed by atoms with Crippen LogP contribution in [0.1, 0.15) is 32.1 Å². The van der Waals surface area contributed by atoms with Crippen molar-refractivity contribution < 1.29 is 4.79 Å². The van der Waals surface area contributed by atoms with Crippen LogP contribution < -0.4 is 11.1 Å². The molecular formula is C14H20Cl2N4O. The van der Waals surface area contributed by atoms with Gasteiger partial charge in [-0.1, -0.05) is 30.5 Å². The highest BCUT2D eigenvalue weighted by Crippen LogP contribution is 2.22. The number of aromatic nitrogens is 2. The predicted octanol–water partition coefficient (Wildman–Crippen LogP) is 3.49. The van der Waals surface area contributed by atoms with Crippen LogP contribution in [0.2, 0.25) is 5.02 Å². The highest BCUT2D eigenvalue weighted by atomic mass is 35.5. The number of nitrogens with two attached hydrogens (primary N) is 1. The second-order valence-corrected chi connectivity index (χ2v) is 5.13. The quantitative estimate of drug-likeness (QED) is 0.679. The van der Waals surface area contributed by atoms with Crippen LogP contribution in [-0.2, 0) is 4.79 Å². The molecule has 0 fully saturated rings. The molecule has 0 unspecified atom stereocenters. The van der Waals surface area contributed by atoms with Crippen LogP contribution in [0.25, 0.3) is 11.0 Å². The van der Waals surface area contributed by atoms with Gasteiger partial charge in [-0.2, -0.15) is 0 Å². The first-order valence-electron chi connectivity index (χ1n) is 6.85. The Morgan fingerprint density at radius 1 is 1.29 bits per heavy atom. The first kappa shape index (κ1) is 17.8. The van der Waals surface area contributed by atoms with Crippen LogP contribution in [0.15, 0.2) is 18.2 Å². The van der Waals surface area contributed by atoms with Gasteiger partial charge in [-0.25, -0.2) is 4.98 Å². The zero-order chi connectivity index (χ0) is 14.4. The van der Waals surface area contributed by atoms with Crippen molar-refractivity contribution in [1.82, 2.24) is 9.97 Å². The molecule has 0 bridgehead atoms. The smallest absolute Gasteiger partial charge is 0.226 e. The van der Waals surface area contributed by atoms with E-state index in [4.69, 9.17) is 17.3 Å². The molecule has 2 aromatic rings. The maximum Gasteiger partial charge on any atom is 0.226 e. The normalized spacial score (nSPS) is 10.4. The molecule has 0 spiro atoms. The number of rotatable bonds is 7. The lowest BCUT2D eigenvalue weighted by molar-refractivity contribution is -0.116. The van der Waals surface area contributed by atoms with E-state index in [0.29, 0.717) is 29.5 Å². The molecule has 0 atom stereocenters. The largest absolute Gasteiger partial charge is 0.330 e. The van der Waals surface area contributed by atoms with Crippen LogP contribution in [0.5, 0.6) is 0 Å². The second kappa shape index (κ2) is 8.87. The fourth-order valence-electron chi connectivity index (χ4n) is 2.03. The molecule has 0 aliphatic heterocycles. The number of halogens is 2. The van der Waals surface area contributed by atoms with Crippen LogP contribution in [0.4, 0.5) is 5.95 Å². The number of nitrogens with zero attached hydrogens (tertiary/aromatic N) is 1. The molecule has 1 aromatic heterocycles. The minimum atomic E-state index is -0.0343. The lowest BCUT2D eigenvalue weighted by Gasteiger charge is -2.01. The average molecular weight is 331 g/mol. The third-order valence-corrected chi connectivity index (χ3v) is 3.38. The van der Waals surface area contributed by atoms with Crippen molar-refractivity contribution >= 4 is 46.9 Å². The van der Waals surface area contributed by atoms with Crippen molar-refractivity contribution in [3.63, 3.8) is 0 Å². The Morgan fingerprint density at radius 3 is 2.76 bits per heavy atom.